The minimum Gasteiger partial charge on any atom is -0.461 e. The maximum atomic E-state index is 11.9. The van der Waals surface area contributed by atoms with E-state index in [2.05, 4.69) is 20.9 Å². The van der Waals surface area contributed by atoms with Crippen molar-refractivity contribution in [2.45, 2.75) is 19.9 Å². The van der Waals surface area contributed by atoms with Gasteiger partial charge in [-0.15, -0.1) is 0 Å². The highest BCUT2D eigenvalue weighted by atomic mass is 79.9. The van der Waals surface area contributed by atoms with E-state index in [-0.39, 0.29) is 5.28 Å². The predicted molar refractivity (Wildman–Crippen MR) is 81.0 cm³/mol. The number of aromatic nitrogens is 2. The van der Waals surface area contributed by atoms with Crippen LogP contribution in [-0.2, 0) is 17.7 Å². The van der Waals surface area contributed by atoms with Crippen LogP contribution in [0.4, 0.5) is 0 Å². The third-order valence-corrected chi connectivity index (χ3v) is 3.66. The van der Waals surface area contributed by atoms with Crippen LogP contribution in [0.15, 0.2) is 34.9 Å². The summed E-state index contributed by atoms with van der Waals surface area (Å²) >= 11 is 9.32. The Morgan fingerprint density at radius 3 is 2.75 bits per heavy atom. The molecule has 0 spiro atoms. The van der Waals surface area contributed by atoms with Crippen LogP contribution in [-0.4, -0.2) is 22.1 Å². The van der Waals surface area contributed by atoms with E-state index in [4.69, 9.17) is 16.3 Å². The van der Waals surface area contributed by atoms with Crippen molar-refractivity contribution in [3.8, 4) is 0 Å². The molecule has 2 rings (SSSR count). The Hall–Kier alpha value is -1.33. The highest BCUT2D eigenvalue weighted by molar-refractivity contribution is 9.10. The SMILES string of the molecule is CCOC(=O)c1c(Br)nc(Cl)n1CCc1ccccc1. The summed E-state index contributed by atoms with van der Waals surface area (Å²) in [6, 6.07) is 9.99. The quantitative estimate of drug-likeness (QED) is 0.766. The number of hydrogen-bond donors (Lipinski definition) is 0. The van der Waals surface area contributed by atoms with Crippen LogP contribution in [0.25, 0.3) is 0 Å². The number of carbonyl (C=O) groups is 1. The first-order chi connectivity index (χ1) is 9.63. The summed E-state index contributed by atoms with van der Waals surface area (Å²) in [6.45, 7) is 2.64. The van der Waals surface area contributed by atoms with Crippen LogP contribution < -0.4 is 0 Å². The molecule has 0 bridgehead atoms. The number of nitrogens with zero attached hydrogens (tertiary/aromatic N) is 2. The van der Waals surface area contributed by atoms with Crippen molar-refractivity contribution in [3.63, 3.8) is 0 Å². The van der Waals surface area contributed by atoms with Crippen molar-refractivity contribution in [2.75, 3.05) is 6.61 Å². The highest BCUT2D eigenvalue weighted by Crippen LogP contribution is 2.23. The smallest absolute Gasteiger partial charge is 0.357 e. The minimum absolute atomic E-state index is 0.274. The van der Waals surface area contributed by atoms with Gasteiger partial charge < -0.3 is 9.30 Å². The Labute approximate surface area is 130 Å². The maximum Gasteiger partial charge on any atom is 0.357 e. The molecule has 1 heterocycles. The second-order valence-electron chi connectivity index (χ2n) is 4.13. The van der Waals surface area contributed by atoms with Crippen LogP contribution >= 0.6 is 27.5 Å². The van der Waals surface area contributed by atoms with Gasteiger partial charge in [0.25, 0.3) is 0 Å². The fourth-order valence-corrected chi connectivity index (χ4v) is 2.78. The van der Waals surface area contributed by atoms with Gasteiger partial charge >= 0.3 is 5.97 Å². The molecule has 6 heteroatoms. The van der Waals surface area contributed by atoms with Gasteiger partial charge in [0, 0.05) is 6.54 Å². The molecular formula is C14H14BrClN2O2. The summed E-state index contributed by atoms with van der Waals surface area (Å²) in [5, 5.41) is 0.274. The molecule has 2 aromatic rings. The van der Waals surface area contributed by atoms with E-state index in [1.54, 1.807) is 11.5 Å². The van der Waals surface area contributed by atoms with E-state index in [0.29, 0.717) is 23.4 Å². The molecule has 0 N–H and O–H groups in total. The number of hydrogen-bond acceptors (Lipinski definition) is 3. The largest absolute Gasteiger partial charge is 0.461 e. The van der Waals surface area contributed by atoms with Crippen molar-refractivity contribution in [2.24, 2.45) is 0 Å². The Morgan fingerprint density at radius 1 is 1.40 bits per heavy atom. The molecule has 1 aromatic carbocycles. The number of rotatable bonds is 5. The van der Waals surface area contributed by atoms with E-state index in [1.165, 1.54) is 5.56 Å². The standard InChI is InChI=1S/C14H14BrClN2O2/c1-2-20-13(19)11-12(15)17-14(16)18(11)9-8-10-6-4-3-5-7-10/h3-7H,2,8-9H2,1H3. The summed E-state index contributed by atoms with van der Waals surface area (Å²) in [5.74, 6) is -0.424. The third-order valence-electron chi connectivity index (χ3n) is 2.81. The van der Waals surface area contributed by atoms with Crippen molar-refractivity contribution in [1.82, 2.24) is 9.55 Å². The van der Waals surface area contributed by atoms with Gasteiger partial charge in [0.1, 0.15) is 4.60 Å². The first-order valence-electron chi connectivity index (χ1n) is 6.26. The lowest BCUT2D eigenvalue weighted by Crippen LogP contribution is -2.14. The first kappa shape index (κ1) is 15.1. The topological polar surface area (TPSA) is 44.1 Å². The van der Waals surface area contributed by atoms with Gasteiger partial charge in [-0.3, -0.25) is 0 Å². The van der Waals surface area contributed by atoms with E-state index in [0.717, 1.165) is 6.42 Å². The Kier molecular flexibility index (Phi) is 5.20. The molecule has 0 saturated carbocycles. The molecule has 0 amide bonds. The van der Waals surface area contributed by atoms with Crippen molar-refractivity contribution < 1.29 is 9.53 Å². The van der Waals surface area contributed by atoms with Gasteiger partial charge in [0.05, 0.1) is 6.61 Å². The molecule has 0 saturated heterocycles. The molecule has 0 unspecified atom stereocenters. The summed E-state index contributed by atoms with van der Waals surface area (Å²) in [7, 11) is 0. The van der Waals surface area contributed by atoms with Crippen LogP contribution in [0.5, 0.6) is 0 Å². The van der Waals surface area contributed by atoms with E-state index in [1.807, 2.05) is 30.3 Å². The van der Waals surface area contributed by atoms with Crippen molar-refractivity contribution in [1.29, 1.82) is 0 Å². The van der Waals surface area contributed by atoms with E-state index < -0.39 is 5.97 Å². The van der Waals surface area contributed by atoms with Gasteiger partial charge in [0.2, 0.25) is 5.28 Å². The lowest BCUT2D eigenvalue weighted by atomic mass is 10.1. The molecule has 0 aliphatic carbocycles. The molecule has 0 fully saturated rings. The maximum absolute atomic E-state index is 11.9. The lowest BCUT2D eigenvalue weighted by molar-refractivity contribution is 0.0512. The summed E-state index contributed by atoms with van der Waals surface area (Å²) < 4.78 is 7.10. The zero-order chi connectivity index (χ0) is 14.5. The second kappa shape index (κ2) is 6.90. The summed E-state index contributed by atoms with van der Waals surface area (Å²) in [4.78, 5) is 16.0. The second-order valence-corrected chi connectivity index (χ2v) is 5.22. The average Bonchev–Trinajstić information content (AvgIpc) is 2.72. The van der Waals surface area contributed by atoms with Crippen molar-refractivity contribution in [3.05, 3.63) is 51.5 Å². The molecule has 0 radical (unpaired) electrons. The van der Waals surface area contributed by atoms with E-state index in [9.17, 15) is 4.79 Å². The zero-order valence-electron chi connectivity index (χ0n) is 11.0. The molecule has 0 aliphatic heterocycles. The van der Waals surface area contributed by atoms with Gasteiger partial charge in [-0.2, -0.15) is 0 Å². The monoisotopic (exact) mass is 356 g/mol. The highest BCUT2D eigenvalue weighted by Gasteiger charge is 2.21. The van der Waals surface area contributed by atoms with Gasteiger partial charge in [0.15, 0.2) is 5.69 Å². The number of imidazole rings is 1. The number of halogens is 2. The Balaban J connectivity index is 2.20. The van der Waals surface area contributed by atoms with E-state index >= 15 is 0 Å². The molecule has 20 heavy (non-hydrogen) atoms. The number of esters is 1. The molecule has 4 nitrogen and oxygen atoms in total. The fourth-order valence-electron chi connectivity index (χ4n) is 1.88. The zero-order valence-corrected chi connectivity index (χ0v) is 13.3. The fraction of sp³-hybridized carbons (Fsp3) is 0.286. The summed E-state index contributed by atoms with van der Waals surface area (Å²) in [6.07, 6.45) is 0.760. The van der Waals surface area contributed by atoms with Crippen molar-refractivity contribution >= 4 is 33.5 Å². The van der Waals surface area contributed by atoms with Gasteiger partial charge in [-0.1, -0.05) is 30.3 Å². The number of benzene rings is 1. The molecular weight excluding hydrogens is 344 g/mol. The van der Waals surface area contributed by atoms with Crippen LogP contribution in [0.1, 0.15) is 23.0 Å². The van der Waals surface area contributed by atoms with Gasteiger partial charge in [-0.05, 0) is 46.4 Å². The number of aryl methyl sites for hydroxylation is 1. The lowest BCUT2D eigenvalue weighted by Gasteiger charge is -2.09. The number of carbonyl (C=O) groups excluding carboxylic acids is 1. The third kappa shape index (κ3) is 3.41. The molecule has 1 aromatic heterocycles. The first-order valence-corrected chi connectivity index (χ1v) is 7.43. The van der Waals surface area contributed by atoms with Gasteiger partial charge in [-0.25, -0.2) is 9.78 Å². The Bertz CT molecular complexity index is 599. The minimum atomic E-state index is -0.424. The predicted octanol–water partition coefficient (Wildman–Crippen LogP) is 3.72. The van der Waals surface area contributed by atoms with Crippen LogP contribution in [0, 0.1) is 0 Å². The molecule has 0 aliphatic rings. The Morgan fingerprint density at radius 2 is 2.10 bits per heavy atom. The average molecular weight is 358 g/mol. The van der Waals surface area contributed by atoms with Crippen LogP contribution in [0.3, 0.4) is 0 Å². The number of ether oxygens (including phenoxy) is 1. The normalized spacial score (nSPS) is 10.6. The summed E-state index contributed by atoms with van der Waals surface area (Å²) in [5.41, 5.74) is 1.52. The molecule has 0 atom stereocenters. The van der Waals surface area contributed by atoms with Crippen LogP contribution in [0.2, 0.25) is 5.28 Å². The molecule has 106 valence electrons.